The second-order valence-corrected chi connectivity index (χ2v) is 4.55. The molecule has 0 radical (unpaired) electrons. The quantitative estimate of drug-likeness (QED) is 0.447. The lowest BCUT2D eigenvalue weighted by molar-refractivity contribution is 0.234. The molecule has 7 nitrogen and oxygen atoms in total. The Labute approximate surface area is 113 Å². The van der Waals surface area contributed by atoms with Crippen molar-refractivity contribution in [3.63, 3.8) is 0 Å². The smallest absolute Gasteiger partial charge is 0.199 e. The summed E-state index contributed by atoms with van der Waals surface area (Å²) in [7, 11) is 0. The Bertz CT molecular complexity index is 666. The minimum Gasteiger partial charge on any atom is -0.379 e. The van der Waals surface area contributed by atoms with Crippen LogP contribution >= 0.6 is 0 Å². The molecule has 0 atom stereocenters. The molecule has 1 fully saturated rings. The number of nitrogens with zero attached hydrogens (tertiary/aromatic N) is 3. The molecule has 0 unspecified atom stereocenters. The van der Waals surface area contributed by atoms with Crippen molar-refractivity contribution in [2.24, 2.45) is 4.99 Å². The maximum Gasteiger partial charge on any atom is 0.199 e. The van der Waals surface area contributed by atoms with Crippen molar-refractivity contribution >= 4 is 17.3 Å². The summed E-state index contributed by atoms with van der Waals surface area (Å²) in [5.74, 6) is -0.00557. The van der Waals surface area contributed by atoms with Crippen LogP contribution in [0, 0.1) is 5.82 Å². The number of hydroxylamine groups is 1. The first-order valence-corrected chi connectivity index (χ1v) is 6.05. The normalized spacial score (nSPS) is 15.4. The van der Waals surface area contributed by atoms with E-state index in [1.54, 1.807) is 6.07 Å². The molecule has 1 saturated carbocycles. The fourth-order valence-corrected chi connectivity index (χ4v) is 1.93. The third-order valence-electron chi connectivity index (χ3n) is 3.08. The second-order valence-electron chi connectivity index (χ2n) is 4.55. The first-order valence-electron chi connectivity index (χ1n) is 6.05. The Morgan fingerprint density at radius 1 is 1.45 bits per heavy atom. The summed E-state index contributed by atoms with van der Waals surface area (Å²) >= 11 is 0. The summed E-state index contributed by atoms with van der Waals surface area (Å²) in [5.41, 5.74) is 8.61. The van der Waals surface area contributed by atoms with Crippen molar-refractivity contribution in [1.29, 1.82) is 0 Å². The monoisotopic (exact) mass is 277 g/mol. The summed E-state index contributed by atoms with van der Waals surface area (Å²) in [6.07, 6.45) is 1.96. The molecule has 20 heavy (non-hydrogen) atoms. The Morgan fingerprint density at radius 3 is 2.85 bits per heavy atom. The van der Waals surface area contributed by atoms with E-state index < -0.39 is 0 Å². The Morgan fingerprint density at radius 2 is 2.25 bits per heavy atom. The highest BCUT2D eigenvalue weighted by Crippen LogP contribution is 2.42. The van der Waals surface area contributed by atoms with E-state index in [4.69, 9.17) is 10.9 Å². The van der Waals surface area contributed by atoms with Gasteiger partial charge in [0.15, 0.2) is 17.3 Å². The van der Waals surface area contributed by atoms with Crippen molar-refractivity contribution in [1.82, 2.24) is 15.8 Å². The number of nitrogens with two attached hydrogens (primary N) is 1. The zero-order valence-electron chi connectivity index (χ0n) is 10.4. The first kappa shape index (κ1) is 12.5. The molecule has 0 saturated heterocycles. The van der Waals surface area contributed by atoms with Crippen LogP contribution in [0.2, 0.25) is 0 Å². The molecular weight excluding hydrogens is 265 g/mol. The van der Waals surface area contributed by atoms with Crippen LogP contribution in [0.3, 0.4) is 0 Å². The second kappa shape index (κ2) is 4.89. The molecule has 1 aliphatic carbocycles. The van der Waals surface area contributed by atoms with E-state index in [0.717, 1.165) is 12.8 Å². The zero-order chi connectivity index (χ0) is 14.1. The van der Waals surface area contributed by atoms with Gasteiger partial charge < -0.3 is 5.73 Å². The van der Waals surface area contributed by atoms with Crippen LogP contribution < -0.4 is 11.2 Å². The van der Waals surface area contributed by atoms with E-state index in [1.807, 2.05) is 5.48 Å². The van der Waals surface area contributed by atoms with Gasteiger partial charge in [-0.25, -0.2) is 14.0 Å². The van der Waals surface area contributed by atoms with Crippen molar-refractivity contribution in [2.75, 3.05) is 5.73 Å². The minimum atomic E-state index is -0.243. The molecule has 2 aromatic rings. The molecule has 1 aromatic carbocycles. The summed E-state index contributed by atoms with van der Waals surface area (Å²) in [6.45, 7) is 0. The SMILES string of the molecule is Nc1nonc1C(=Nc1ccc(F)c(C2CC2)c1)NO. The van der Waals surface area contributed by atoms with Crippen LogP contribution in [0.4, 0.5) is 15.9 Å². The lowest BCUT2D eigenvalue weighted by atomic mass is 10.1. The Kier molecular flexibility index (Phi) is 3.07. The van der Waals surface area contributed by atoms with E-state index in [0.29, 0.717) is 11.3 Å². The number of nitrogen functional groups attached to an aromatic ring is 1. The van der Waals surface area contributed by atoms with Gasteiger partial charge in [-0.3, -0.25) is 10.7 Å². The standard InChI is InChI=1S/C12H12FN5O2/c13-9-4-3-7(5-8(9)6-1-2-6)15-12(16-19)10-11(14)18-20-17-10/h3-6,19H,1-2H2,(H2,14,18)(H,15,16). The van der Waals surface area contributed by atoms with Crippen LogP contribution in [-0.2, 0) is 0 Å². The van der Waals surface area contributed by atoms with Crippen LogP contribution in [0.15, 0.2) is 27.8 Å². The lowest BCUT2D eigenvalue weighted by Gasteiger charge is -2.04. The number of hydrogen-bond donors (Lipinski definition) is 3. The van der Waals surface area contributed by atoms with Crippen LogP contribution in [0.25, 0.3) is 0 Å². The van der Waals surface area contributed by atoms with Gasteiger partial charge in [0.05, 0.1) is 5.69 Å². The molecule has 0 bridgehead atoms. The molecular formula is C12H12FN5O2. The van der Waals surface area contributed by atoms with Crippen LogP contribution in [-0.4, -0.2) is 21.4 Å². The van der Waals surface area contributed by atoms with E-state index in [2.05, 4.69) is 19.9 Å². The summed E-state index contributed by atoms with van der Waals surface area (Å²) in [6, 6.07) is 4.50. The number of hydrogen-bond acceptors (Lipinski definition) is 6. The number of anilines is 1. The number of benzene rings is 1. The zero-order valence-corrected chi connectivity index (χ0v) is 10.4. The number of halogens is 1. The molecule has 3 rings (SSSR count). The number of amidine groups is 1. The third kappa shape index (κ3) is 2.32. The van der Waals surface area contributed by atoms with Crippen LogP contribution in [0.5, 0.6) is 0 Å². The van der Waals surface area contributed by atoms with Gasteiger partial charge in [0, 0.05) is 0 Å². The Hall–Kier alpha value is -2.48. The molecule has 104 valence electrons. The van der Waals surface area contributed by atoms with Crippen molar-refractivity contribution in [2.45, 2.75) is 18.8 Å². The van der Waals surface area contributed by atoms with Gasteiger partial charge in [0.25, 0.3) is 0 Å². The van der Waals surface area contributed by atoms with Gasteiger partial charge in [0.1, 0.15) is 5.82 Å². The van der Waals surface area contributed by atoms with E-state index in [1.165, 1.54) is 12.1 Å². The minimum absolute atomic E-state index is 0.00479. The maximum atomic E-state index is 13.6. The summed E-state index contributed by atoms with van der Waals surface area (Å²) < 4.78 is 18.1. The number of rotatable bonds is 3. The van der Waals surface area contributed by atoms with Gasteiger partial charge in [-0.1, -0.05) is 0 Å². The van der Waals surface area contributed by atoms with E-state index >= 15 is 0 Å². The lowest BCUT2D eigenvalue weighted by Crippen LogP contribution is -2.21. The van der Waals surface area contributed by atoms with E-state index in [-0.39, 0.29) is 29.1 Å². The summed E-state index contributed by atoms with van der Waals surface area (Å²) in [5, 5.41) is 16.0. The molecule has 1 heterocycles. The first-order chi connectivity index (χ1) is 9.69. The predicted octanol–water partition coefficient (Wildman–Crippen LogP) is 1.73. The highest BCUT2D eigenvalue weighted by Gasteiger charge is 2.26. The highest BCUT2D eigenvalue weighted by molar-refractivity contribution is 6.01. The molecule has 4 N–H and O–H groups in total. The van der Waals surface area contributed by atoms with Gasteiger partial charge in [0.2, 0.25) is 0 Å². The third-order valence-corrected chi connectivity index (χ3v) is 3.08. The Balaban J connectivity index is 1.97. The van der Waals surface area contributed by atoms with Gasteiger partial charge in [-0.2, -0.15) is 0 Å². The molecule has 8 heteroatoms. The predicted molar refractivity (Wildman–Crippen MR) is 68.2 cm³/mol. The largest absolute Gasteiger partial charge is 0.379 e. The van der Waals surface area contributed by atoms with Crippen LogP contribution in [0.1, 0.15) is 30.0 Å². The molecule has 0 spiro atoms. The van der Waals surface area contributed by atoms with Gasteiger partial charge in [-0.05, 0) is 52.8 Å². The number of nitrogens with one attached hydrogen (secondary N) is 1. The number of aromatic nitrogens is 2. The molecule has 0 amide bonds. The fourth-order valence-electron chi connectivity index (χ4n) is 1.93. The van der Waals surface area contributed by atoms with Gasteiger partial charge >= 0.3 is 0 Å². The van der Waals surface area contributed by atoms with Crippen molar-refractivity contribution in [3.8, 4) is 0 Å². The average molecular weight is 277 g/mol. The molecule has 1 aromatic heterocycles. The fraction of sp³-hybridized carbons (Fsp3) is 0.250. The van der Waals surface area contributed by atoms with Gasteiger partial charge in [-0.15, -0.1) is 0 Å². The topological polar surface area (TPSA) is 110 Å². The van der Waals surface area contributed by atoms with E-state index in [9.17, 15) is 4.39 Å². The average Bonchev–Trinajstić information content (AvgIpc) is 3.20. The number of aliphatic imine (C=N–C) groups is 1. The summed E-state index contributed by atoms with van der Waals surface area (Å²) in [4.78, 5) is 4.14. The van der Waals surface area contributed by atoms with Crippen molar-refractivity contribution < 1.29 is 14.2 Å². The van der Waals surface area contributed by atoms with Crippen molar-refractivity contribution in [3.05, 3.63) is 35.3 Å². The molecule has 0 aliphatic heterocycles. The molecule has 1 aliphatic rings. The highest BCUT2D eigenvalue weighted by atomic mass is 19.1. The maximum absolute atomic E-state index is 13.6.